The van der Waals surface area contributed by atoms with E-state index in [4.69, 9.17) is 4.74 Å². The van der Waals surface area contributed by atoms with E-state index in [1.807, 2.05) is 6.92 Å². The molecule has 0 spiro atoms. The van der Waals surface area contributed by atoms with E-state index in [1.165, 1.54) is 12.1 Å². The Labute approximate surface area is 104 Å². The lowest BCUT2D eigenvalue weighted by molar-refractivity contribution is -0.133. The van der Waals surface area contributed by atoms with Gasteiger partial charge in [-0.05, 0) is 19.1 Å². The smallest absolute Gasteiger partial charge is 0.261 e. The number of halogens is 1. The number of nitrogens with zero attached hydrogens (tertiary/aromatic N) is 1. The van der Waals surface area contributed by atoms with Gasteiger partial charge in [-0.3, -0.25) is 4.79 Å². The molecule has 0 bridgehead atoms. The highest BCUT2D eigenvalue weighted by Gasteiger charge is 2.25. The lowest BCUT2D eigenvalue weighted by Crippen LogP contribution is -2.36. The van der Waals surface area contributed by atoms with Gasteiger partial charge in [0.1, 0.15) is 0 Å². The van der Waals surface area contributed by atoms with Crippen molar-refractivity contribution in [1.82, 2.24) is 4.90 Å². The third-order valence-corrected chi connectivity index (χ3v) is 3.79. The molecule has 0 saturated carbocycles. The molecule has 1 aliphatic heterocycles. The summed E-state index contributed by atoms with van der Waals surface area (Å²) in [5, 5.41) is 0.187. The summed E-state index contributed by atoms with van der Waals surface area (Å²) in [4.78, 5) is 13.6. The number of ether oxygens (including phenoxy) is 1. The van der Waals surface area contributed by atoms with E-state index < -0.39 is 5.82 Å². The van der Waals surface area contributed by atoms with E-state index in [0.717, 1.165) is 12.3 Å². The summed E-state index contributed by atoms with van der Waals surface area (Å²) in [6, 6.07) is 6.10. The average molecular weight is 255 g/mol. The van der Waals surface area contributed by atoms with Crippen LogP contribution in [0.1, 0.15) is 6.92 Å². The second kappa shape index (κ2) is 5.40. The normalized spacial score (nSPS) is 19.4. The Hall–Kier alpha value is -1.23. The maximum absolute atomic E-state index is 13.2. The van der Waals surface area contributed by atoms with E-state index in [9.17, 15) is 9.18 Å². The molecule has 1 aromatic carbocycles. The summed E-state index contributed by atoms with van der Waals surface area (Å²) < 4.78 is 18.4. The molecule has 0 aliphatic carbocycles. The summed E-state index contributed by atoms with van der Waals surface area (Å²) in [5.74, 6) is 0.544. The standard InChI is InChI=1S/C12H14FNO2S/c1-9-14(6-7-17-9)12(15)8-16-11-5-3-2-4-10(11)13/h2-5,9H,6-8H2,1H3. The molecule has 2 rings (SSSR count). The fourth-order valence-corrected chi connectivity index (χ4v) is 2.75. The molecule has 1 amide bonds. The number of para-hydroxylation sites is 1. The van der Waals surface area contributed by atoms with Crippen molar-refractivity contribution in [1.29, 1.82) is 0 Å². The molecule has 0 radical (unpaired) electrons. The maximum atomic E-state index is 13.2. The molecule has 0 N–H and O–H groups in total. The topological polar surface area (TPSA) is 29.5 Å². The van der Waals surface area contributed by atoms with Crippen LogP contribution in [-0.2, 0) is 4.79 Å². The minimum absolute atomic E-state index is 0.0919. The molecule has 1 aliphatic rings. The van der Waals surface area contributed by atoms with Crippen LogP contribution in [0.4, 0.5) is 4.39 Å². The summed E-state index contributed by atoms with van der Waals surface area (Å²) in [6.45, 7) is 2.62. The molecule has 3 nitrogen and oxygen atoms in total. The molecule has 17 heavy (non-hydrogen) atoms. The number of amides is 1. The lowest BCUT2D eigenvalue weighted by Gasteiger charge is -2.20. The number of carbonyl (C=O) groups is 1. The first-order chi connectivity index (χ1) is 8.18. The Morgan fingerprint density at radius 2 is 2.35 bits per heavy atom. The zero-order chi connectivity index (χ0) is 12.3. The van der Waals surface area contributed by atoms with Crippen LogP contribution in [0.25, 0.3) is 0 Å². The first-order valence-corrected chi connectivity index (χ1v) is 6.52. The molecule has 1 heterocycles. The number of carbonyl (C=O) groups excluding carboxylic acids is 1. The zero-order valence-corrected chi connectivity index (χ0v) is 10.4. The number of rotatable bonds is 3. The summed E-state index contributed by atoms with van der Waals surface area (Å²) >= 11 is 1.73. The van der Waals surface area contributed by atoms with Gasteiger partial charge in [0.05, 0.1) is 5.37 Å². The van der Waals surface area contributed by atoms with Crippen molar-refractivity contribution in [3.05, 3.63) is 30.1 Å². The van der Waals surface area contributed by atoms with E-state index in [2.05, 4.69) is 0 Å². The van der Waals surface area contributed by atoms with Gasteiger partial charge < -0.3 is 9.64 Å². The van der Waals surface area contributed by atoms with Gasteiger partial charge in [-0.1, -0.05) is 12.1 Å². The van der Waals surface area contributed by atoms with Crippen molar-refractivity contribution >= 4 is 17.7 Å². The second-order valence-electron chi connectivity index (χ2n) is 3.78. The van der Waals surface area contributed by atoms with Crippen molar-refractivity contribution in [2.45, 2.75) is 12.3 Å². The third-order valence-electron chi connectivity index (χ3n) is 2.64. The molecule has 1 unspecified atom stereocenters. The predicted molar refractivity (Wildman–Crippen MR) is 65.5 cm³/mol. The van der Waals surface area contributed by atoms with E-state index >= 15 is 0 Å². The monoisotopic (exact) mass is 255 g/mol. The van der Waals surface area contributed by atoms with E-state index in [0.29, 0.717) is 0 Å². The highest BCUT2D eigenvalue weighted by molar-refractivity contribution is 8.00. The van der Waals surface area contributed by atoms with Crippen molar-refractivity contribution in [2.24, 2.45) is 0 Å². The fraction of sp³-hybridized carbons (Fsp3) is 0.417. The van der Waals surface area contributed by atoms with Gasteiger partial charge in [0.2, 0.25) is 0 Å². The van der Waals surface area contributed by atoms with Gasteiger partial charge in [-0.25, -0.2) is 4.39 Å². The predicted octanol–water partition coefficient (Wildman–Crippen LogP) is 2.13. The van der Waals surface area contributed by atoms with Gasteiger partial charge in [-0.15, -0.1) is 11.8 Å². The van der Waals surface area contributed by atoms with Crippen LogP contribution in [0.3, 0.4) is 0 Å². The maximum Gasteiger partial charge on any atom is 0.261 e. The van der Waals surface area contributed by atoms with Gasteiger partial charge in [0, 0.05) is 12.3 Å². The molecule has 1 atom stereocenters. The largest absolute Gasteiger partial charge is 0.481 e. The summed E-state index contributed by atoms with van der Waals surface area (Å²) in [7, 11) is 0. The summed E-state index contributed by atoms with van der Waals surface area (Å²) in [5.41, 5.74) is 0. The van der Waals surface area contributed by atoms with Crippen molar-refractivity contribution in [3.63, 3.8) is 0 Å². The quantitative estimate of drug-likeness (QED) is 0.828. The molecule has 1 fully saturated rings. The molecular formula is C12H14FNO2S. The Balaban J connectivity index is 1.90. The van der Waals surface area contributed by atoms with Crippen LogP contribution in [0.2, 0.25) is 0 Å². The van der Waals surface area contributed by atoms with Crippen molar-refractivity contribution < 1.29 is 13.9 Å². The van der Waals surface area contributed by atoms with Gasteiger partial charge >= 0.3 is 0 Å². The second-order valence-corrected chi connectivity index (χ2v) is 5.20. The number of hydrogen-bond acceptors (Lipinski definition) is 3. The molecule has 92 valence electrons. The Bertz CT molecular complexity index is 413. The van der Waals surface area contributed by atoms with Crippen LogP contribution in [0.15, 0.2) is 24.3 Å². The molecule has 5 heteroatoms. The highest BCUT2D eigenvalue weighted by atomic mass is 32.2. The fourth-order valence-electron chi connectivity index (χ4n) is 1.71. The van der Waals surface area contributed by atoms with Gasteiger partial charge in [0.15, 0.2) is 18.2 Å². The minimum atomic E-state index is -0.441. The van der Waals surface area contributed by atoms with Gasteiger partial charge in [-0.2, -0.15) is 0 Å². The average Bonchev–Trinajstić information content (AvgIpc) is 2.74. The Morgan fingerprint density at radius 1 is 1.59 bits per heavy atom. The SMILES string of the molecule is CC1SCCN1C(=O)COc1ccccc1F. The van der Waals surface area contributed by atoms with Crippen molar-refractivity contribution in [2.75, 3.05) is 18.9 Å². The van der Waals surface area contributed by atoms with Crippen LogP contribution in [0, 0.1) is 5.82 Å². The van der Waals surface area contributed by atoms with Crippen molar-refractivity contribution in [3.8, 4) is 5.75 Å². The first kappa shape index (κ1) is 12.2. The Morgan fingerprint density at radius 3 is 3.00 bits per heavy atom. The molecule has 1 saturated heterocycles. The lowest BCUT2D eigenvalue weighted by atomic mass is 10.3. The highest BCUT2D eigenvalue weighted by Crippen LogP contribution is 2.23. The minimum Gasteiger partial charge on any atom is -0.481 e. The number of benzene rings is 1. The third kappa shape index (κ3) is 2.91. The molecule has 1 aromatic rings. The van der Waals surface area contributed by atoms with Crippen LogP contribution in [-0.4, -0.2) is 35.1 Å². The first-order valence-electron chi connectivity index (χ1n) is 5.47. The summed E-state index contributed by atoms with van der Waals surface area (Å²) in [6.07, 6.45) is 0. The van der Waals surface area contributed by atoms with E-state index in [-0.39, 0.29) is 23.6 Å². The van der Waals surface area contributed by atoms with Crippen LogP contribution in [0.5, 0.6) is 5.75 Å². The molecule has 0 aromatic heterocycles. The zero-order valence-electron chi connectivity index (χ0n) is 9.56. The van der Waals surface area contributed by atoms with E-state index in [1.54, 1.807) is 28.8 Å². The molecular weight excluding hydrogens is 241 g/mol. The Kier molecular flexibility index (Phi) is 3.89. The number of hydrogen-bond donors (Lipinski definition) is 0. The van der Waals surface area contributed by atoms with Gasteiger partial charge in [0.25, 0.3) is 5.91 Å². The van der Waals surface area contributed by atoms with Crippen LogP contribution < -0.4 is 4.74 Å². The number of thioether (sulfide) groups is 1. The van der Waals surface area contributed by atoms with Crippen LogP contribution >= 0.6 is 11.8 Å².